The molecule has 1 aromatic rings. The number of hydrogen-bond acceptors (Lipinski definition) is 4. The largest absolute Gasteiger partial charge is 0.478 e. The maximum Gasteiger partial charge on any atom is 0.339 e. The van der Waals surface area contributed by atoms with Crippen LogP contribution in [0.15, 0.2) is 6.20 Å². The molecule has 1 saturated carbocycles. The Morgan fingerprint density at radius 2 is 2.29 bits per heavy atom. The average Bonchev–Trinajstić information content (AvgIpc) is 2.80. The normalized spacial score (nSPS) is 30.1. The fourth-order valence-corrected chi connectivity index (χ4v) is 3.82. The van der Waals surface area contributed by atoms with Crippen LogP contribution in [0.25, 0.3) is 0 Å². The van der Waals surface area contributed by atoms with E-state index in [1.807, 2.05) is 0 Å². The van der Waals surface area contributed by atoms with Crippen LogP contribution in [0.3, 0.4) is 0 Å². The zero-order valence-electron chi connectivity index (χ0n) is 12.5. The molecule has 21 heavy (non-hydrogen) atoms. The topological polar surface area (TPSA) is 78.6 Å². The molecule has 2 aliphatic rings. The lowest BCUT2D eigenvalue weighted by Crippen LogP contribution is -2.53. The number of likely N-dealkylation sites (tertiary alicyclic amines) is 1. The predicted molar refractivity (Wildman–Crippen MR) is 77.0 cm³/mol. The van der Waals surface area contributed by atoms with E-state index in [1.165, 1.54) is 12.6 Å². The maximum atomic E-state index is 11.2. The van der Waals surface area contributed by atoms with Gasteiger partial charge in [0.25, 0.3) is 0 Å². The van der Waals surface area contributed by atoms with Gasteiger partial charge in [-0.15, -0.1) is 0 Å². The standard InChI is InChI=1S/C15H23N3O3/c1-17-13(12(8-16-17)14(19)20)10-18-7-6-15(21)5-3-2-4-11(15)9-18/h8,11,21H,2-7,9-10H2,1H3,(H,19,20). The third-order valence-electron chi connectivity index (χ3n) is 5.18. The third kappa shape index (κ3) is 2.70. The predicted octanol–water partition coefficient (Wildman–Crippen LogP) is 1.25. The summed E-state index contributed by atoms with van der Waals surface area (Å²) < 4.78 is 1.64. The smallest absolute Gasteiger partial charge is 0.339 e. The number of carboxylic acid groups (broad SMARTS) is 1. The highest BCUT2D eigenvalue weighted by Crippen LogP contribution is 2.40. The van der Waals surface area contributed by atoms with Crippen LogP contribution < -0.4 is 0 Å². The summed E-state index contributed by atoms with van der Waals surface area (Å²) in [5.41, 5.74) is 0.530. The Bertz CT molecular complexity index is 542. The number of nitrogens with zero attached hydrogens (tertiary/aromatic N) is 3. The Kier molecular flexibility index (Phi) is 3.75. The first-order valence-electron chi connectivity index (χ1n) is 7.68. The lowest BCUT2D eigenvalue weighted by molar-refractivity contribution is -0.0971. The fourth-order valence-electron chi connectivity index (χ4n) is 3.82. The molecule has 2 heterocycles. The highest BCUT2D eigenvalue weighted by Gasteiger charge is 2.42. The molecule has 0 bridgehead atoms. The van der Waals surface area contributed by atoms with E-state index in [4.69, 9.17) is 0 Å². The molecule has 0 amide bonds. The summed E-state index contributed by atoms with van der Waals surface area (Å²) in [5.74, 6) is -0.606. The van der Waals surface area contributed by atoms with Gasteiger partial charge in [0.1, 0.15) is 5.56 Å². The Labute approximate surface area is 124 Å². The van der Waals surface area contributed by atoms with E-state index in [0.29, 0.717) is 12.5 Å². The molecular formula is C15H23N3O3. The molecule has 6 heteroatoms. The molecule has 2 unspecified atom stereocenters. The summed E-state index contributed by atoms with van der Waals surface area (Å²) in [6.07, 6.45) is 6.50. The minimum atomic E-state index is -0.927. The van der Waals surface area contributed by atoms with Gasteiger partial charge in [-0.2, -0.15) is 5.10 Å². The van der Waals surface area contributed by atoms with Crippen LogP contribution in [0.4, 0.5) is 0 Å². The average molecular weight is 293 g/mol. The second-order valence-corrected chi connectivity index (χ2v) is 6.47. The Morgan fingerprint density at radius 3 is 3.05 bits per heavy atom. The molecule has 6 nitrogen and oxygen atoms in total. The van der Waals surface area contributed by atoms with Crippen molar-refractivity contribution in [2.24, 2.45) is 13.0 Å². The number of carbonyl (C=O) groups is 1. The number of carboxylic acids is 1. The van der Waals surface area contributed by atoms with Gasteiger partial charge in [0.2, 0.25) is 0 Å². The van der Waals surface area contributed by atoms with Gasteiger partial charge in [0.05, 0.1) is 17.5 Å². The zero-order valence-corrected chi connectivity index (χ0v) is 12.5. The summed E-state index contributed by atoms with van der Waals surface area (Å²) in [6.45, 7) is 2.25. The van der Waals surface area contributed by atoms with Crippen LogP contribution in [0.2, 0.25) is 0 Å². The Hall–Kier alpha value is -1.40. The molecule has 2 atom stereocenters. The molecule has 1 aromatic heterocycles. The maximum absolute atomic E-state index is 11.2. The lowest BCUT2D eigenvalue weighted by Gasteiger charge is -2.47. The number of aromatic nitrogens is 2. The first-order chi connectivity index (χ1) is 9.99. The minimum Gasteiger partial charge on any atom is -0.478 e. The van der Waals surface area contributed by atoms with Gasteiger partial charge in [-0.25, -0.2) is 4.79 Å². The van der Waals surface area contributed by atoms with Crippen molar-refractivity contribution in [1.29, 1.82) is 0 Å². The van der Waals surface area contributed by atoms with Crippen LogP contribution in [-0.2, 0) is 13.6 Å². The molecule has 2 fully saturated rings. The second kappa shape index (κ2) is 5.42. The first-order valence-corrected chi connectivity index (χ1v) is 7.68. The van der Waals surface area contributed by atoms with Gasteiger partial charge < -0.3 is 10.2 Å². The molecule has 1 aliphatic heterocycles. The third-order valence-corrected chi connectivity index (χ3v) is 5.18. The van der Waals surface area contributed by atoms with E-state index in [1.54, 1.807) is 11.7 Å². The van der Waals surface area contributed by atoms with Crippen LogP contribution in [-0.4, -0.2) is 49.6 Å². The summed E-state index contributed by atoms with van der Waals surface area (Å²) >= 11 is 0. The summed E-state index contributed by atoms with van der Waals surface area (Å²) in [4.78, 5) is 13.5. The molecule has 2 N–H and O–H groups in total. The van der Waals surface area contributed by atoms with E-state index < -0.39 is 11.6 Å². The van der Waals surface area contributed by atoms with Crippen molar-refractivity contribution in [2.45, 2.75) is 44.2 Å². The summed E-state index contributed by atoms with van der Waals surface area (Å²) in [5, 5.41) is 24.0. The van der Waals surface area contributed by atoms with Crippen LogP contribution in [0.5, 0.6) is 0 Å². The van der Waals surface area contributed by atoms with Crippen molar-refractivity contribution >= 4 is 5.97 Å². The van der Waals surface area contributed by atoms with E-state index in [9.17, 15) is 15.0 Å². The Morgan fingerprint density at radius 1 is 1.48 bits per heavy atom. The monoisotopic (exact) mass is 293 g/mol. The highest BCUT2D eigenvalue weighted by atomic mass is 16.4. The highest BCUT2D eigenvalue weighted by molar-refractivity contribution is 5.88. The van der Waals surface area contributed by atoms with Crippen LogP contribution >= 0.6 is 0 Å². The molecule has 116 valence electrons. The Balaban J connectivity index is 1.72. The molecule has 0 radical (unpaired) electrons. The molecular weight excluding hydrogens is 270 g/mol. The summed E-state index contributed by atoms with van der Waals surface area (Å²) in [6, 6.07) is 0. The van der Waals surface area contributed by atoms with Crippen LogP contribution in [0, 0.1) is 5.92 Å². The number of hydrogen-bond donors (Lipinski definition) is 2. The lowest BCUT2D eigenvalue weighted by atomic mass is 9.71. The van der Waals surface area contributed by atoms with Gasteiger partial charge in [0, 0.05) is 32.6 Å². The van der Waals surface area contributed by atoms with Crippen molar-refractivity contribution in [3.63, 3.8) is 0 Å². The molecule has 1 saturated heterocycles. The number of aryl methyl sites for hydroxylation is 1. The minimum absolute atomic E-state index is 0.280. The second-order valence-electron chi connectivity index (χ2n) is 6.47. The number of fused-ring (bicyclic) bond motifs is 1. The van der Waals surface area contributed by atoms with Gasteiger partial charge >= 0.3 is 5.97 Å². The fraction of sp³-hybridized carbons (Fsp3) is 0.733. The number of piperidine rings is 1. The molecule has 3 rings (SSSR count). The van der Waals surface area contributed by atoms with Crippen molar-refractivity contribution in [3.8, 4) is 0 Å². The zero-order chi connectivity index (χ0) is 15.0. The van der Waals surface area contributed by atoms with Crippen molar-refractivity contribution < 1.29 is 15.0 Å². The molecule has 1 aliphatic carbocycles. The van der Waals surface area contributed by atoms with Gasteiger partial charge in [0.15, 0.2) is 0 Å². The van der Waals surface area contributed by atoms with E-state index in [-0.39, 0.29) is 5.56 Å². The number of aliphatic hydroxyl groups is 1. The van der Waals surface area contributed by atoms with Gasteiger partial charge in [-0.3, -0.25) is 9.58 Å². The quantitative estimate of drug-likeness (QED) is 0.877. The van der Waals surface area contributed by atoms with Crippen LogP contribution in [0.1, 0.15) is 48.2 Å². The number of rotatable bonds is 3. The van der Waals surface area contributed by atoms with Crippen molar-refractivity contribution in [3.05, 3.63) is 17.5 Å². The van der Waals surface area contributed by atoms with E-state index in [0.717, 1.165) is 44.5 Å². The van der Waals surface area contributed by atoms with E-state index in [2.05, 4.69) is 10.00 Å². The van der Waals surface area contributed by atoms with Crippen molar-refractivity contribution in [2.75, 3.05) is 13.1 Å². The van der Waals surface area contributed by atoms with Crippen molar-refractivity contribution in [1.82, 2.24) is 14.7 Å². The molecule has 0 aromatic carbocycles. The first kappa shape index (κ1) is 14.5. The van der Waals surface area contributed by atoms with Gasteiger partial charge in [-0.05, 0) is 19.3 Å². The van der Waals surface area contributed by atoms with Gasteiger partial charge in [-0.1, -0.05) is 12.8 Å². The SMILES string of the molecule is Cn1ncc(C(=O)O)c1CN1CCC2(O)CCCCC2C1. The number of aromatic carboxylic acids is 1. The summed E-state index contributed by atoms with van der Waals surface area (Å²) in [7, 11) is 1.78. The molecule has 0 spiro atoms. The van der Waals surface area contributed by atoms with E-state index >= 15 is 0 Å².